The normalized spacial score (nSPS) is 12.0. The Morgan fingerprint density at radius 1 is 1.47 bits per heavy atom. The molecule has 0 aliphatic rings. The van der Waals surface area contributed by atoms with Crippen LogP contribution >= 0.6 is 0 Å². The van der Waals surface area contributed by atoms with Crippen molar-refractivity contribution in [2.24, 2.45) is 0 Å². The molecule has 0 spiro atoms. The summed E-state index contributed by atoms with van der Waals surface area (Å²) in [4.78, 5) is -0.188. The molecular formula is C9H13FN2O2S. The first-order valence-electron chi connectivity index (χ1n) is 4.41. The summed E-state index contributed by atoms with van der Waals surface area (Å²) in [6, 6.07) is 3.74. The molecule has 4 nitrogen and oxygen atoms in total. The number of benzene rings is 1. The van der Waals surface area contributed by atoms with E-state index in [9.17, 15) is 12.8 Å². The van der Waals surface area contributed by atoms with E-state index in [0.29, 0.717) is 6.54 Å². The van der Waals surface area contributed by atoms with Gasteiger partial charge in [-0.1, -0.05) is 13.0 Å². The molecule has 0 aromatic heterocycles. The van der Waals surface area contributed by atoms with E-state index in [4.69, 9.17) is 5.73 Å². The van der Waals surface area contributed by atoms with Gasteiger partial charge in [-0.25, -0.2) is 17.1 Å². The maximum atomic E-state index is 13.1. The Kier molecular flexibility index (Phi) is 3.31. The number of anilines is 1. The maximum Gasteiger partial charge on any atom is 0.244 e. The van der Waals surface area contributed by atoms with Gasteiger partial charge < -0.3 is 5.73 Å². The van der Waals surface area contributed by atoms with Crippen molar-refractivity contribution in [3.05, 3.63) is 24.0 Å². The summed E-state index contributed by atoms with van der Waals surface area (Å²) in [6.07, 6.45) is 0. The lowest BCUT2D eigenvalue weighted by molar-refractivity contribution is 0.486. The number of para-hydroxylation sites is 1. The third-order valence-electron chi connectivity index (χ3n) is 2.15. The minimum absolute atomic E-state index is 0.188. The van der Waals surface area contributed by atoms with E-state index in [1.807, 2.05) is 0 Å². The molecule has 1 aromatic carbocycles. The quantitative estimate of drug-likeness (QED) is 0.792. The molecule has 6 heteroatoms. The number of sulfonamides is 1. The van der Waals surface area contributed by atoms with Gasteiger partial charge in [-0.2, -0.15) is 0 Å². The molecule has 0 saturated heterocycles. The van der Waals surface area contributed by atoms with E-state index in [1.165, 1.54) is 19.2 Å². The van der Waals surface area contributed by atoms with Crippen molar-refractivity contribution in [2.45, 2.75) is 11.8 Å². The van der Waals surface area contributed by atoms with Gasteiger partial charge in [0.25, 0.3) is 0 Å². The minimum Gasteiger partial charge on any atom is -0.395 e. The van der Waals surface area contributed by atoms with Gasteiger partial charge in [-0.3, -0.25) is 0 Å². The largest absolute Gasteiger partial charge is 0.395 e. The third-order valence-corrected chi connectivity index (χ3v) is 4.14. The van der Waals surface area contributed by atoms with Crippen LogP contribution in [0.4, 0.5) is 10.1 Å². The number of nitrogens with zero attached hydrogens (tertiary/aromatic N) is 1. The molecule has 0 fully saturated rings. The zero-order valence-electron chi connectivity index (χ0n) is 8.57. The lowest BCUT2D eigenvalue weighted by Crippen LogP contribution is -2.27. The fraction of sp³-hybridized carbons (Fsp3) is 0.333. The van der Waals surface area contributed by atoms with Crippen LogP contribution in [-0.2, 0) is 10.0 Å². The maximum absolute atomic E-state index is 13.1. The van der Waals surface area contributed by atoms with Crippen LogP contribution in [-0.4, -0.2) is 26.3 Å². The molecule has 2 N–H and O–H groups in total. The molecule has 0 atom stereocenters. The van der Waals surface area contributed by atoms with Crippen LogP contribution in [0.1, 0.15) is 6.92 Å². The summed E-state index contributed by atoms with van der Waals surface area (Å²) in [7, 11) is -2.26. The first-order valence-corrected chi connectivity index (χ1v) is 5.85. The summed E-state index contributed by atoms with van der Waals surface area (Å²) >= 11 is 0. The average molecular weight is 232 g/mol. The van der Waals surface area contributed by atoms with Gasteiger partial charge in [-0.15, -0.1) is 0 Å². The van der Waals surface area contributed by atoms with Crippen LogP contribution in [0.15, 0.2) is 23.1 Å². The summed E-state index contributed by atoms with van der Waals surface area (Å²) in [5.41, 5.74) is 5.05. The van der Waals surface area contributed by atoms with Gasteiger partial charge in [0.05, 0.1) is 5.69 Å². The molecule has 0 aliphatic heterocycles. The lowest BCUT2D eigenvalue weighted by atomic mass is 10.3. The van der Waals surface area contributed by atoms with Crippen LogP contribution in [0.25, 0.3) is 0 Å². The van der Waals surface area contributed by atoms with Crippen LogP contribution in [0.2, 0.25) is 0 Å². The zero-order valence-corrected chi connectivity index (χ0v) is 9.38. The van der Waals surface area contributed by atoms with Crippen LogP contribution in [0, 0.1) is 5.82 Å². The van der Waals surface area contributed by atoms with Crippen molar-refractivity contribution in [3.63, 3.8) is 0 Å². The highest BCUT2D eigenvalue weighted by molar-refractivity contribution is 7.89. The molecule has 0 unspecified atom stereocenters. The van der Waals surface area contributed by atoms with Crippen molar-refractivity contribution in [1.82, 2.24) is 4.31 Å². The highest BCUT2D eigenvalue weighted by atomic mass is 32.2. The molecule has 0 amide bonds. The van der Waals surface area contributed by atoms with Gasteiger partial charge in [0.1, 0.15) is 10.7 Å². The number of halogens is 1. The zero-order chi connectivity index (χ0) is 11.6. The molecule has 0 saturated carbocycles. The van der Waals surface area contributed by atoms with E-state index in [0.717, 1.165) is 10.4 Å². The second kappa shape index (κ2) is 4.16. The Hall–Kier alpha value is -1.14. The number of nitrogen functional groups attached to an aromatic ring is 1. The Morgan fingerprint density at radius 3 is 2.60 bits per heavy atom. The van der Waals surface area contributed by atoms with Crippen molar-refractivity contribution < 1.29 is 12.8 Å². The summed E-state index contributed by atoms with van der Waals surface area (Å²) in [5.74, 6) is -0.722. The second-order valence-electron chi connectivity index (χ2n) is 3.07. The molecular weight excluding hydrogens is 219 g/mol. The van der Waals surface area contributed by atoms with E-state index >= 15 is 0 Å². The number of hydrogen-bond acceptors (Lipinski definition) is 3. The summed E-state index contributed by atoms with van der Waals surface area (Å²) in [5, 5.41) is 0. The third kappa shape index (κ3) is 2.10. The van der Waals surface area contributed by atoms with Crippen molar-refractivity contribution in [1.29, 1.82) is 0 Å². The Balaban J connectivity index is 3.34. The van der Waals surface area contributed by atoms with E-state index in [2.05, 4.69) is 0 Å². The van der Waals surface area contributed by atoms with Crippen LogP contribution in [0.3, 0.4) is 0 Å². The summed E-state index contributed by atoms with van der Waals surface area (Å²) in [6.45, 7) is 1.99. The smallest absolute Gasteiger partial charge is 0.244 e. The monoisotopic (exact) mass is 232 g/mol. The summed E-state index contributed by atoms with van der Waals surface area (Å²) < 4.78 is 37.8. The Labute approximate surface area is 88.6 Å². The molecule has 84 valence electrons. The predicted octanol–water partition coefficient (Wildman–Crippen LogP) is 1.05. The van der Waals surface area contributed by atoms with Gasteiger partial charge in [0, 0.05) is 13.6 Å². The van der Waals surface area contributed by atoms with Gasteiger partial charge in [-0.05, 0) is 12.1 Å². The minimum atomic E-state index is -3.67. The molecule has 0 heterocycles. The van der Waals surface area contributed by atoms with Crippen LogP contribution < -0.4 is 5.73 Å². The average Bonchev–Trinajstić information content (AvgIpc) is 2.20. The molecule has 0 bridgehead atoms. The molecule has 1 rings (SSSR count). The first kappa shape index (κ1) is 11.9. The predicted molar refractivity (Wildman–Crippen MR) is 56.3 cm³/mol. The molecule has 1 aromatic rings. The molecule has 15 heavy (non-hydrogen) atoms. The van der Waals surface area contributed by atoms with E-state index in [1.54, 1.807) is 6.92 Å². The van der Waals surface area contributed by atoms with Gasteiger partial charge in [0.2, 0.25) is 10.0 Å². The highest BCUT2D eigenvalue weighted by Gasteiger charge is 2.23. The lowest BCUT2D eigenvalue weighted by Gasteiger charge is -2.16. The molecule has 0 aliphatic carbocycles. The number of nitrogens with two attached hydrogens (primary N) is 1. The van der Waals surface area contributed by atoms with E-state index < -0.39 is 15.8 Å². The van der Waals surface area contributed by atoms with Crippen molar-refractivity contribution >= 4 is 15.7 Å². The number of hydrogen-bond donors (Lipinski definition) is 1. The second-order valence-corrected chi connectivity index (χ2v) is 5.08. The molecule has 0 radical (unpaired) electrons. The SMILES string of the molecule is CCN(C)S(=O)(=O)c1cccc(F)c1N. The fourth-order valence-corrected chi connectivity index (χ4v) is 2.38. The number of rotatable bonds is 3. The highest BCUT2D eigenvalue weighted by Crippen LogP contribution is 2.23. The van der Waals surface area contributed by atoms with Crippen molar-refractivity contribution in [2.75, 3.05) is 19.3 Å². The fourth-order valence-electron chi connectivity index (χ4n) is 1.08. The van der Waals surface area contributed by atoms with Gasteiger partial charge in [0.15, 0.2) is 0 Å². The van der Waals surface area contributed by atoms with Crippen molar-refractivity contribution in [3.8, 4) is 0 Å². The van der Waals surface area contributed by atoms with Gasteiger partial charge >= 0.3 is 0 Å². The standard InChI is InChI=1S/C9H13FN2O2S/c1-3-12(2)15(13,14)8-6-4-5-7(10)9(8)11/h4-6H,3,11H2,1-2H3. The first-order chi connectivity index (χ1) is 6.91. The van der Waals surface area contributed by atoms with E-state index in [-0.39, 0.29) is 10.6 Å². The Bertz CT molecular complexity index is 459. The topological polar surface area (TPSA) is 63.4 Å². The Morgan fingerprint density at radius 2 is 2.07 bits per heavy atom. The van der Waals surface area contributed by atoms with Crippen LogP contribution in [0.5, 0.6) is 0 Å².